The first-order chi connectivity index (χ1) is 24.7. The monoisotopic (exact) mass is 759 g/mol. The molecule has 12 nitrogen and oxygen atoms in total. The molecule has 19 heteroatoms. The van der Waals surface area contributed by atoms with Crippen LogP contribution < -0.4 is 24.8 Å². The number of hydrogen-bond acceptors (Lipinski definition) is 8. The molecule has 0 bridgehead atoms. The lowest BCUT2D eigenvalue weighted by molar-refractivity contribution is -0.193. The van der Waals surface area contributed by atoms with E-state index in [0.29, 0.717) is 36.0 Å². The van der Waals surface area contributed by atoms with Crippen molar-refractivity contribution >= 4 is 29.1 Å². The van der Waals surface area contributed by atoms with Crippen LogP contribution in [-0.4, -0.2) is 69.6 Å². The number of aromatic nitrogens is 2. The predicted molar refractivity (Wildman–Crippen MR) is 179 cm³/mol. The van der Waals surface area contributed by atoms with Gasteiger partial charge in [0.1, 0.15) is 23.2 Å². The number of H-pyrrole nitrogens is 1. The Balaban J connectivity index is 0.000000587. The fraction of sp³-hybridized carbons (Fsp3) is 0.294. The van der Waals surface area contributed by atoms with Crippen molar-refractivity contribution in [2.45, 2.75) is 52.7 Å². The number of halogens is 7. The highest BCUT2D eigenvalue weighted by Gasteiger charge is 2.39. The van der Waals surface area contributed by atoms with E-state index in [9.17, 15) is 26.3 Å². The second-order valence-corrected chi connectivity index (χ2v) is 10.7. The summed E-state index contributed by atoms with van der Waals surface area (Å²) in [4.78, 5) is 27.5. The Morgan fingerprint density at radius 1 is 0.906 bits per heavy atom. The molecule has 0 aliphatic carbocycles. The Kier molecular flexibility index (Phi) is 15.5. The number of aliphatic carboxylic acids is 2. The summed E-state index contributed by atoms with van der Waals surface area (Å²) in [6, 6.07) is 18.0. The molecule has 0 saturated heterocycles. The zero-order chi connectivity index (χ0) is 40.1. The molecule has 6 N–H and O–H groups in total. The number of nitrogens with zero attached hydrogens (tertiary/aromatic N) is 2. The van der Waals surface area contributed by atoms with Crippen LogP contribution in [-0.2, 0) is 16.1 Å². The molecule has 53 heavy (non-hydrogen) atoms. The van der Waals surface area contributed by atoms with Crippen LogP contribution in [0.15, 0.2) is 66.9 Å². The van der Waals surface area contributed by atoms with Crippen LogP contribution in [0.1, 0.15) is 39.1 Å². The Labute approximate surface area is 298 Å². The summed E-state index contributed by atoms with van der Waals surface area (Å²) in [6.07, 6.45) is -8.65. The quantitative estimate of drug-likeness (QED) is 0.0545. The molecule has 0 fully saturated rings. The van der Waals surface area contributed by atoms with Crippen LogP contribution >= 0.6 is 0 Å². The smallest absolute Gasteiger partial charge is 0.490 e. The molecular formula is C34H36F7N5O7. The van der Waals surface area contributed by atoms with E-state index in [2.05, 4.69) is 9.97 Å². The van der Waals surface area contributed by atoms with Crippen LogP contribution in [0.2, 0.25) is 0 Å². The second-order valence-electron chi connectivity index (χ2n) is 10.7. The minimum Gasteiger partial charge on any atom is -0.494 e. The van der Waals surface area contributed by atoms with Gasteiger partial charge in [0.05, 0.1) is 43.4 Å². The van der Waals surface area contributed by atoms with Crippen LogP contribution in [0, 0.1) is 11.2 Å². The van der Waals surface area contributed by atoms with Gasteiger partial charge < -0.3 is 40.0 Å². The number of amidine groups is 1. The first kappa shape index (κ1) is 43.2. The number of rotatable bonds is 12. The average Bonchev–Trinajstić information content (AvgIpc) is 3.54. The van der Waals surface area contributed by atoms with Crippen LogP contribution in [0.4, 0.5) is 42.1 Å². The van der Waals surface area contributed by atoms with E-state index < -0.39 is 30.1 Å². The summed E-state index contributed by atoms with van der Waals surface area (Å²) in [5, 5.41) is 22.0. The van der Waals surface area contributed by atoms with Crippen molar-refractivity contribution in [3.05, 3.63) is 84.1 Å². The van der Waals surface area contributed by atoms with E-state index in [-0.39, 0.29) is 29.9 Å². The maximum Gasteiger partial charge on any atom is 0.490 e. The van der Waals surface area contributed by atoms with Crippen LogP contribution in [0.3, 0.4) is 0 Å². The van der Waals surface area contributed by atoms with E-state index in [4.69, 9.17) is 45.2 Å². The van der Waals surface area contributed by atoms with Crippen molar-refractivity contribution in [1.82, 2.24) is 9.97 Å². The number of aromatic amines is 1. The molecule has 0 atom stereocenters. The highest BCUT2D eigenvalue weighted by molar-refractivity contribution is 5.95. The molecule has 1 heterocycles. The third-order valence-corrected chi connectivity index (χ3v) is 6.33. The number of hydrogen-bond donors (Lipinski definition) is 5. The van der Waals surface area contributed by atoms with Crippen molar-refractivity contribution in [2.24, 2.45) is 5.73 Å². The van der Waals surface area contributed by atoms with Gasteiger partial charge in [0.15, 0.2) is 11.6 Å². The molecule has 0 aliphatic rings. The van der Waals surface area contributed by atoms with Gasteiger partial charge in [-0.05, 0) is 64.1 Å². The summed E-state index contributed by atoms with van der Waals surface area (Å²) in [5.74, 6) is -4.10. The fourth-order valence-electron chi connectivity index (χ4n) is 4.14. The van der Waals surface area contributed by atoms with E-state index in [0.717, 1.165) is 17.0 Å². The molecular weight excluding hydrogens is 723 g/mol. The Morgan fingerprint density at radius 2 is 1.45 bits per heavy atom. The number of carboxylic acid groups (broad SMARTS) is 2. The number of alkyl halides is 6. The van der Waals surface area contributed by atoms with Gasteiger partial charge in [-0.3, -0.25) is 5.41 Å². The molecule has 3 aromatic carbocycles. The summed E-state index contributed by atoms with van der Waals surface area (Å²) < 4.78 is 96.6. The molecule has 0 unspecified atom stereocenters. The predicted octanol–water partition coefficient (Wildman–Crippen LogP) is 7.69. The topological polar surface area (TPSA) is 184 Å². The first-order valence-electron chi connectivity index (χ1n) is 15.4. The molecule has 0 radical (unpaired) electrons. The van der Waals surface area contributed by atoms with Crippen molar-refractivity contribution in [3.63, 3.8) is 0 Å². The molecule has 0 spiro atoms. The van der Waals surface area contributed by atoms with Gasteiger partial charge in [-0.2, -0.15) is 26.3 Å². The van der Waals surface area contributed by atoms with Gasteiger partial charge in [0.2, 0.25) is 0 Å². The van der Waals surface area contributed by atoms with Gasteiger partial charge >= 0.3 is 24.3 Å². The van der Waals surface area contributed by atoms with Gasteiger partial charge in [-0.15, -0.1) is 0 Å². The van der Waals surface area contributed by atoms with Gasteiger partial charge in [-0.1, -0.05) is 12.1 Å². The number of carboxylic acids is 2. The largest absolute Gasteiger partial charge is 0.494 e. The summed E-state index contributed by atoms with van der Waals surface area (Å²) >= 11 is 0. The van der Waals surface area contributed by atoms with E-state index in [1.54, 1.807) is 47.5 Å². The molecule has 0 amide bonds. The van der Waals surface area contributed by atoms with Gasteiger partial charge in [0.25, 0.3) is 0 Å². The number of nitrogens with two attached hydrogens (primary N) is 1. The zero-order valence-electron chi connectivity index (χ0n) is 28.6. The Morgan fingerprint density at radius 3 is 1.94 bits per heavy atom. The third kappa shape index (κ3) is 13.6. The molecule has 0 aliphatic heterocycles. The van der Waals surface area contributed by atoms with Crippen molar-refractivity contribution in [2.75, 3.05) is 18.1 Å². The lowest BCUT2D eigenvalue weighted by Crippen LogP contribution is -2.21. The number of imidazole rings is 1. The lowest BCUT2D eigenvalue weighted by atomic mass is 10.1. The van der Waals surface area contributed by atoms with Gasteiger partial charge in [0, 0.05) is 28.9 Å². The molecule has 0 saturated carbocycles. The maximum atomic E-state index is 16.0. The van der Waals surface area contributed by atoms with E-state index >= 15 is 4.39 Å². The molecule has 288 valence electrons. The molecule has 4 rings (SSSR count). The van der Waals surface area contributed by atoms with Crippen molar-refractivity contribution < 1.29 is 64.7 Å². The lowest BCUT2D eigenvalue weighted by Gasteiger charge is -2.26. The average molecular weight is 760 g/mol. The summed E-state index contributed by atoms with van der Waals surface area (Å²) in [7, 11) is 0. The van der Waals surface area contributed by atoms with Crippen LogP contribution in [0.5, 0.6) is 17.2 Å². The Bertz CT molecular complexity index is 1810. The minimum atomic E-state index is -5.08. The zero-order valence-corrected chi connectivity index (χ0v) is 28.6. The number of ether oxygens (including phenoxy) is 3. The molecule has 4 aromatic rings. The van der Waals surface area contributed by atoms with Crippen LogP contribution in [0.25, 0.3) is 11.3 Å². The summed E-state index contributed by atoms with van der Waals surface area (Å²) in [5.41, 5.74) is 8.91. The van der Waals surface area contributed by atoms with Gasteiger partial charge in [-0.25, -0.2) is 19.0 Å². The SMILES string of the molecule is CCOc1cccc(-c2cnc(CN(c3ccc(C(=N)N)cc3)c3cc(OCC)cc(OC(C)C)c3F)[nH]2)c1.O=C(O)C(F)(F)F.O=C(O)C(F)(F)F. The maximum absolute atomic E-state index is 16.0. The first-order valence-corrected chi connectivity index (χ1v) is 15.4. The normalized spacial score (nSPS) is 11.0. The number of nitrogen functional groups attached to an aromatic ring is 1. The Hall–Kier alpha value is -6.01. The number of anilines is 2. The van der Waals surface area contributed by atoms with Crippen molar-refractivity contribution in [1.29, 1.82) is 5.41 Å². The number of carbonyl (C=O) groups is 2. The minimum absolute atomic E-state index is 0.0461. The number of nitrogens with one attached hydrogen (secondary N) is 2. The third-order valence-electron chi connectivity index (χ3n) is 6.33. The highest BCUT2D eigenvalue weighted by atomic mass is 19.4. The van der Waals surface area contributed by atoms with Crippen molar-refractivity contribution in [3.8, 4) is 28.5 Å². The van der Waals surface area contributed by atoms with E-state index in [1.807, 2.05) is 52.0 Å². The number of benzene rings is 3. The highest BCUT2D eigenvalue weighted by Crippen LogP contribution is 2.38. The van der Waals surface area contributed by atoms with E-state index in [1.165, 1.54) is 0 Å². The fourth-order valence-corrected chi connectivity index (χ4v) is 4.14. The second kappa shape index (κ2) is 19.0. The standard InChI is InChI=1S/C30H34FN5O3.2C2HF3O2/c1-5-37-23-9-7-8-21(14-23)25-17-34-28(35-25)18-36(22-12-10-20(11-13-22)30(32)33)26-15-24(38-6-2)16-27(29(26)31)39-19(3)4;2*3-2(4,5)1(6)7/h7-17,19H,5-6,18H2,1-4H3,(H3,32,33)(H,34,35);2*(H,6,7). The molecule has 1 aromatic heterocycles. The summed E-state index contributed by atoms with van der Waals surface area (Å²) in [6.45, 7) is 8.71.